The maximum atomic E-state index is 12.5. The van der Waals surface area contributed by atoms with Crippen LogP contribution in [0.25, 0.3) is 11.1 Å². The number of amides is 1. The van der Waals surface area contributed by atoms with Crippen LogP contribution in [0.15, 0.2) is 53.3 Å². The van der Waals surface area contributed by atoms with Gasteiger partial charge >= 0.3 is 6.09 Å². The van der Waals surface area contributed by atoms with Gasteiger partial charge in [0.15, 0.2) is 0 Å². The van der Waals surface area contributed by atoms with Crippen LogP contribution in [0.3, 0.4) is 0 Å². The highest BCUT2D eigenvalue weighted by atomic mass is 32.2. The van der Waals surface area contributed by atoms with Crippen LogP contribution in [0.5, 0.6) is 0 Å². The Kier molecular flexibility index (Phi) is 5.85. The Balaban J connectivity index is 1.97. The molecule has 0 saturated carbocycles. The SMILES string of the molecule is CC(C)Cc1cc(-c2ccc(Cn3ccnc3)cc2)c(S(=O)(=O)NC(=O)O)s1. The lowest BCUT2D eigenvalue weighted by Crippen LogP contribution is -2.28. The third kappa shape index (κ3) is 4.79. The molecule has 0 radical (unpaired) electrons. The Morgan fingerprint density at radius 3 is 2.57 bits per heavy atom. The number of nitrogens with one attached hydrogen (secondary N) is 1. The third-order valence-corrected chi connectivity index (χ3v) is 7.03. The third-order valence-electron chi connectivity index (χ3n) is 4.01. The molecule has 0 fully saturated rings. The molecule has 0 aliphatic heterocycles. The van der Waals surface area contributed by atoms with E-state index in [-0.39, 0.29) is 4.21 Å². The molecule has 0 aliphatic carbocycles. The molecule has 9 heteroatoms. The summed E-state index contributed by atoms with van der Waals surface area (Å²) >= 11 is 1.11. The molecule has 2 heterocycles. The van der Waals surface area contributed by atoms with E-state index in [0.717, 1.165) is 33.8 Å². The molecule has 0 saturated heterocycles. The van der Waals surface area contributed by atoms with Crippen molar-refractivity contribution in [1.29, 1.82) is 0 Å². The van der Waals surface area contributed by atoms with Crippen molar-refractivity contribution >= 4 is 27.5 Å². The lowest BCUT2D eigenvalue weighted by Gasteiger charge is -2.07. The lowest BCUT2D eigenvalue weighted by molar-refractivity contribution is 0.201. The summed E-state index contributed by atoms with van der Waals surface area (Å²) in [4.78, 5) is 15.8. The second-order valence-electron chi connectivity index (χ2n) is 6.85. The van der Waals surface area contributed by atoms with Crippen molar-refractivity contribution in [1.82, 2.24) is 14.3 Å². The number of sulfonamides is 1. The number of nitrogens with zero attached hydrogens (tertiary/aromatic N) is 2. The lowest BCUT2D eigenvalue weighted by atomic mass is 10.0. The highest BCUT2D eigenvalue weighted by Crippen LogP contribution is 2.36. The minimum atomic E-state index is -4.15. The number of benzene rings is 1. The highest BCUT2D eigenvalue weighted by Gasteiger charge is 2.25. The van der Waals surface area contributed by atoms with Gasteiger partial charge in [0.05, 0.1) is 6.33 Å². The van der Waals surface area contributed by atoms with E-state index in [2.05, 4.69) is 4.98 Å². The van der Waals surface area contributed by atoms with Gasteiger partial charge < -0.3 is 9.67 Å². The Bertz CT molecular complexity index is 1050. The number of thiophene rings is 1. The molecule has 1 aromatic carbocycles. The van der Waals surface area contributed by atoms with Crippen molar-refractivity contribution in [2.24, 2.45) is 5.92 Å². The second-order valence-corrected chi connectivity index (χ2v) is 9.87. The largest absolute Gasteiger partial charge is 0.464 e. The average Bonchev–Trinajstić information content (AvgIpc) is 3.24. The van der Waals surface area contributed by atoms with Crippen molar-refractivity contribution in [2.75, 3.05) is 0 Å². The van der Waals surface area contributed by atoms with Gasteiger partial charge in [-0.25, -0.2) is 22.9 Å². The zero-order chi connectivity index (χ0) is 20.3. The molecule has 0 atom stereocenters. The summed E-state index contributed by atoms with van der Waals surface area (Å²) in [6, 6.07) is 9.40. The average molecular weight is 420 g/mol. The molecule has 28 heavy (non-hydrogen) atoms. The first-order valence-electron chi connectivity index (χ1n) is 8.68. The van der Waals surface area contributed by atoms with Crippen LogP contribution in [0.4, 0.5) is 4.79 Å². The Hall–Kier alpha value is -2.65. The fraction of sp³-hybridized carbons (Fsp3) is 0.263. The fourth-order valence-electron chi connectivity index (χ4n) is 2.87. The van der Waals surface area contributed by atoms with Gasteiger partial charge in [-0.1, -0.05) is 38.1 Å². The van der Waals surface area contributed by atoms with Crippen LogP contribution < -0.4 is 4.72 Å². The van der Waals surface area contributed by atoms with Gasteiger partial charge in [-0.2, -0.15) is 0 Å². The van der Waals surface area contributed by atoms with Gasteiger partial charge in [0.25, 0.3) is 10.0 Å². The van der Waals surface area contributed by atoms with Crippen molar-refractivity contribution < 1.29 is 18.3 Å². The number of aromatic nitrogens is 2. The Labute approximate surface area is 167 Å². The van der Waals surface area contributed by atoms with Crippen molar-refractivity contribution in [3.63, 3.8) is 0 Å². The molecule has 2 N–H and O–H groups in total. The molecule has 7 nitrogen and oxygen atoms in total. The van der Waals surface area contributed by atoms with E-state index in [4.69, 9.17) is 5.11 Å². The van der Waals surface area contributed by atoms with Gasteiger partial charge in [0, 0.05) is 29.4 Å². The summed E-state index contributed by atoms with van der Waals surface area (Å²) in [6.45, 7) is 4.76. The number of hydrogen-bond donors (Lipinski definition) is 2. The van der Waals surface area contributed by atoms with Crippen molar-refractivity contribution in [3.8, 4) is 11.1 Å². The molecular weight excluding hydrogens is 398 g/mol. The molecule has 1 amide bonds. The monoisotopic (exact) mass is 419 g/mol. The number of carbonyl (C=O) groups is 1. The standard InChI is InChI=1S/C19H21N3O4S2/c1-13(2)9-16-10-17(18(27-16)28(25,26)21-19(23)24)15-5-3-14(4-6-15)11-22-8-7-20-12-22/h3-8,10,12-13,21H,9,11H2,1-2H3,(H,23,24). The second kappa shape index (κ2) is 8.15. The fourth-order valence-corrected chi connectivity index (χ4v) is 5.66. The van der Waals surface area contributed by atoms with Crippen LogP contribution in [-0.4, -0.2) is 29.2 Å². The van der Waals surface area contributed by atoms with Gasteiger partial charge in [-0.15, -0.1) is 11.3 Å². The maximum Gasteiger partial charge on any atom is 0.418 e. The topological polar surface area (TPSA) is 101 Å². The normalized spacial score (nSPS) is 11.7. The Morgan fingerprint density at radius 2 is 2.00 bits per heavy atom. The van der Waals surface area contributed by atoms with Crippen LogP contribution in [0.2, 0.25) is 0 Å². The van der Waals surface area contributed by atoms with Gasteiger partial charge in [0.2, 0.25) is 0 Å². The first-order chi connectivity index (χ1) is 13.2. The van der Waals surface area contributed by atoms with Crippen LogP contribution >= 0.6 is 11.3 Å². The van der Waals surface area contributed by atoms with E-state index >= 15 is 0 Å². The maximum absolute atomic E-state index is 12.5. The number of rotatable bonds is 7. The van der Waals surface area contributed by atoms with E-state index in [1.165, 1.54) is 0 Å². The summed E-state index contributed by atoms with van der Waals surface area (Å²) in [5.74, 6) is 0.354. The Morgan fingerprint density at radius 1 is 1.29 bits per heavy atom. The molecule has 3 aromatic rings. The summed E-state index contributed by atoms with van der Waals surface area (Å²) in [5.41, 5.74) is 2.29. The van der Waals surface area contributed by atoms with E-state index in [9.17, 15) is 13.2 Å². The zero-order valence-electron chi connectivity index (χ0n) is 15.5. The summed E-state index contributed by atoms with van der Waals surface area (Å²) in [7, 11) is -4.15. The molecule has 0 aliphatic rings. The predicted octanol–water partition coefficient (Wildman–Crippen LogP) is 3.81. The van der Waals surface area contributed by atoms with Crippen molar-refractivity contribution in [2.45, 2.75) is 31.0 Å². The molecule has 3 rings (SSSR count). The van der Waals surface area contributed by atoms with E-state index in [0.29, 0.717) is 18.0 Å². The van der Waals surface area contributed by atoms with Gasteiger partial charge in [0.1, 0.15) is 4.21 Å². The number of imidazole rings is 1. The summed E-state index contributed by atoms with van der Waals surface area (Å²) < 4.78 is 28.6. The molecule has 2 aromatic heterocycles. The predicted molar refractivity (Wildman–Crippen MR) is 108 cm³/mol. The highest BCUT2D eigenvalue weighted by molar-refractivity contribution is 7.92. The summed E-state index contributed by atoms with van der Waals surface area (Å²) in [6.07, 6.45) is 4.43. The number of carboxylic acid groups (broad SMARTS) is 1. The molecule has 0 spiro atoms. The minimum absolute atomic E-state index is 0.0212. The molecule has 0 bridgehead atoms. The van der Waals surface area contributed by atoms with Gasteiger partial charge in [-0.05, 0) is 29.5 Å². The summed E-state index contributed by atoms with van der Waals surface area (Å²) in [5, 5.41) is 8.89. The van der Waals surface area contributed by atoms with Crippen LogP contribution in [0, 0.1) is 5.92 Å². The van der Waals surface area contributed by atoms with Crippen LogP contribution in [0.1, 0.15) is 24.3 Å². The zero-order valence-corrected chi connectivity index (χ0v) is 17.1. The first kappa shape index (κ1) is 20.1. The van der Waals surface area contributed by atoms with E-state index in [1.54, 1.807) is 17.2 Å². The molecule has 148 valence electrons. The van der Waals surface area contributed by atoms with E-state index in [1.807, 2.05) is 54.9 Å². The smallest absolute Gasteiger partial charge is 0.418 e. The first-order valence-corrected chi connectivity index (χ1v) is 11.0. The molecule has 0 unspecified atom stereocenters. The molecular formula is C19H21N3O4S2. The van der Waals surface area contributed by atoms with Crippen LogP contribution in [-0.2, 0) is 23.0 Å². The quantitative estimate of drug-likeness (QED) is 0.606. The minimum Gasteiger partial charge on any atom is -0.464 e. The van der Waals surface area contributed by atoms with Crippen molar-refractivity contribution in [3.05, 3.63) is 59.5 Å². The van der Waals surface area contributed by atoms with E-state index < -0.39 is 16.1 Å². The van der Waals surface area contributed by atoms with Gasteiger partial charge in [-0.3, -0.25) is 0 Å². The number of hydrogen-bond acceptors (Lipinski definition) is 5.